The first kappa shape index (κ1) is 13.4. The Hall–Kier alpha value is -2.62. The molecule has 4 heteroatoms. The molecule has 0 radical (unpaired) electrons. The number of hydrogen-bond acceptors (Lipinski definition) is 3. The SMILES string of the molecule is C=Cc1ccc(C(=O)C2C=CC3=C(C(=O)O)CCN32)cc1. The van der Waals surface area contributed by atoms with Gasteiger partial charge in [0.25, 0.3) is 0 Å². The van der Waals surface area contributed by atoms with E-state index in [-0.39, 0.29) is 5.78 Å². The lowest BCUT2D eigenvalue weighted by Crippen LogP contribution is -2.34. The average Bonchev–Trinajstić information content (AvgIpc) is 3.07. The van der Waals surface area contributed by atoms with Crippen LogP contribution >= 0.6 is 0 Å². The second kappa shape index (κ2) is 5.05. The van der Waals surface area contributed by atoms with Gasteiger partial charge in [-0.1, -0.05) is 43.0 Å². The summed E-state index contributed by atoms with van der Waals surface area (Å²) < 4.78 is 0. The molecule has 106 valence electrons. The van der Waals surface area contributed by atoms with Crippen LogP contribution in [0.5, 0.6) is 0 Å². The third kappa shape index (κ3) is 2.18. The molecule has 1 N–H and O–H groups in total. The fourth-order valence-electron chi connectivity index (χ4n) is 2.83. The van der Waals surface area contributed by atoms with Gasteiger partial charge in [0.15, 0.2) is 5.78 Å². The highest BCUT2D eigenvalue weighted by molar-refractivity contribution is 6.02. The zero-order valence-corrected chi connectivity index (χ0v) is 11.5. The van der Waals surface area contributed by atoms with Crippen LogP contribution in [0.1, 0.15) is 22.3 Å². The maximum absolute atomic E-state index is 12.6. The number of carbonyl (C=O) groups is 2. The molecule has 0 spiro atoms. The predicted octanol–water partition coefficient (Wildman–Crippen LogP) is 2.50. The van der Waals surface area contributed by atoms with Gasteiger partial charge in [-0.2, -0.15) is 0 Å². The highest BCUT2D eigenvalue weighted by atomic mass is 16.4. The number of allylic oxidation sites excluding steroid dienone is 1. The van der Waals surface area contributed by atoms with Crippen molar-refractivity contribution in [3.8, 4) is 0 Å². The minimum absolute atomic E-state index is 0.0106. The van der Waals surface area contributed by atoms with Crippen molar-refractivity contribution in [2.45, 2.75) is 12.5 Å². The lowest BCUT2D eigenvalue weighted by Gasteiger charge is -2.22. The van der Waals surface area contributed by atoms with Crippen molar-refractivity contribution in [2.24, 2.45) is 0 Å². The number of carboxylic acid groups (broad SMARTS) is 1. The molecule has 1 aromatic rings. The minimum atomic E-state index is -0.902. The smallest absolute Gasteiger partial charge is 0.333 e. The van der Waals surface area contributed by atoms with Gasteiger partial charge in [-0.25, -0.2) is 4.79 Å². The largest absolute Gasteiger partial charge is 0.478 e. The van der Waals surface area contributed by atoms with E-state index in [0.29, 0.717) is 29.8 Å². The highest BCUT2D eigenvalue weighted by Crippen LogP contribution is 2.32. The molecule has 4 nitrogen and oxygen atoms in total. The van der Waals surface area contributed by atoms with Crippen LogP contribution in [0.4, 0.5) is 0 Å². The normalized spacial score (nSPS) is 19.8. The molecule has 0 bridgehead atoms. The Kier molecular flexibility index (Phi) is 3.22. The van der Waals surface area contributed by atoms with E-state index in [4.69, 9.17) is 5.11 Å². The van der Waals surface area contributed by atoms with E-state index >= 15 is 0 Å². The van der Waals surface area contributed by atoms with Gasteiger partial charge in [0.05, 0.1) is 5.57 Å². The zero-order chi connectivity index (χ0) is 15.0. The van der Waals surface area contributed by atoms with Crippen LogP contribution in [-0.2, 0) is 4.79 Å². The van der Waals surface area contributed by atoms with Crippen LogP contribution in [0.3, 0.4) is 0 Å². The molecule has 0 aliphatic carbocycles. The summed E-state index contributed by atoms with van der Waals surface area (Å²) >= 11 is 0. The fourth-order valence-corrected chi connectivity index (χ4v) is 2.83. The van der Waals surface area contributed by atoms with Gasteiger partial charge in [-0.3, -0.25) is 4.79 Å². The van der Waals surface area contributed by atoms with Crippen LogP contribution in [0.15, 0.2) is 54.3 Å². The quantitative estimate of drug-likeness (QED) is 0.861. The number of carbonyl (C=O) groups excluding carboxylic acids is 1. The molecule has 2 aliphatic rings. The van der Waals surface area contributed by atoms with Crippen LogP contribution in [0.25, 0.3) is 6.08 Å². The van der Waals surface area contributed by atoms with Crippen molar-refractivity contribution in [1.82, 2.24) is 4.90 Å². The summed E-state index contributed by atoms with van der Waals surface area (Å²) in [5, 5.41) is 9.15. The van der Waals surface area contributed by atoms with Crippen molar-refractivity contribution >= 4 is 17.8 Å². The van der Waals surface area contributed by atoms with Gasteiger partial charge >= 0.3 is 5.97 Å². The molecular formula is C17H15NO3. The van der Waals surface area contributed by atoms with Crippen LogP contribution in [0, 0.1) is 0 Å². The van der Waals surface area contributed by atoms with Gasteiger partial charge in [-0.15, -0.1) is 0 Å². The Morgan fingerprint density at radius 3 is 2.62 bits per heavy atom. The lowest BCUT2D eigenvalue weighted by atomic mass is 10.0. The zero-order valence-electron chi connectivity index (χ0n) is 11.5. The van der Waals surface area contributed by atoms with Gasteiger partial charge in [0, 0.05) is 17.8 Å². The Balaban J connectivity index is 1.86. The maximum Gasteiger partial charge on any atom is 0.333 e. The minimum Gasteiger partial charge on any atom is -0.478 e. The Morgan fingerprint density at radius 2 is 2.00 bits per heavy atom. The van der Waals surface area contributed by atoms with Crippen molar-refractivity contribution in [1.29, 1.82) is 0 Å². The van der Waals surface area contributed by atoms with Crippen LogP contribution in [-0.4, -0.2) is 34.3 Å². The molecule has 3 rings (SSSR count). The van der Waals surface area contributed by atoms with Gasteiger partial charge in [-0.05, 0) is 18.1 Å². The number of nitrogens with zero attached hydrogens (tertiary/aromatic N) is 1. The molecule has 1 atom stereocenters. The number of rotatable bonds is 4. The van der Waals surface area contributed by atoms with Gasteiger partial charge in [0.1, 0.15) is 6.04 Å². The molecule has 21 heavy (non-hydrogen) atoms. The maximum atomic E-state index is 12.6. The molecule has 0 aromatic heterocycles. The van der Waals surface area contributed by atoms with E-state index in [1.54, 1.807) is 30.4 Å². The van der Waals surface area contributed by atoms with E-state index in [9.17, 15) is 9.59 Å². The molecule has 0 saturated carbocycles. The van der Waals surface area contributed by atoms with E-state index in [2.05, 4.69) is 6.58 Å². The van der Waals surface area contributed by atoms with E-state index < -0.39 is 12.0 Å². The number of Topliss-reactive ketones (excluding diaryl/α,β-unsaturated/α-hetero) is 1. The molecule has 0 amide bonds. The first-order valence-electron chi connectivity index (χ1n) is 6.80. The Labute approximate surface area is 122 Å². The molecule has 0 fully saturated rings. The highest BCUT2D eigenvalue weighted by Gasteiger charge is 2.36. The van der Waals surface area contributed by atoms with Gasteiger partial charge < -0.3 is 10.0 Å². The fraction of sp³-hybridized carbons (Fsp3) is 0.176. The molecule has 1 aromatic carbocycles. The first-order chi connectivity index (χ1) is 10.1. The van der Waals surface area contributed by atoms with E-state index in [1.165, 1.54) is 0 Å². The van der Waals surface area contributed by atoms with E-state index in [1.807, 2.05) is 17.0 Å². The van der Waals surface area contributed by atoms with Gasteiger partial charge in [0.2, 0.25) is 0 Å². The van der Waals surface area contributed by atoms with E-state index in [0.717, 1.165) is 5.56 Å². The number of hydrogen-bond donors (Lipinski definition) is 1. The summed E-state index contributed by atoms with van der Waals surface area (Å²) in [4.78, 5) is 25.6. The number of carboxylic acids is 1. The second-order valence-electron chi connectivity index (χ2n) is 5.11. The molecule has 2 aliphatic heterocycles. The monoisotopic (exact) mass is 281 g/mol. The van der Waals surface area contributed by atoms with Crippen molar-refractivity contribution in [2.75, 3.05) is 6.54 Å². The first-order valence-corrected chi connectivity index (χ1v) is 6.80. The van der Waals surface area contributed by atoms with Crippen molar-refractivity contribution in [3.05, 3.63) is 65.4 Å². The second-order valence-corrected chi connectivity index (χ2v) is 5.11. The predicted molar refractivity (Wildman–Crippen MR) is 79.8 cm³/mol. The molecular weight excluding hydrogens is 266 g/mol. The van der Waals surface area contributed by atoms with Crippen molar-refractivity contribution in [3.63, 3.8) is 0 Å². The summed E-state index contributed by atoms with van der Waals surface area (Å²) in [6.45, 7) is 4.26. The van der Waals surface area contributed by atoms with Crippen LogP contribution in [0.2, 0.25) is 0 Å². The summed E-state index contributed by atoms with van der Waals surface area (Å²) in [6, 6.07) is 6.86. The van der Waals surface area contributed by atoms with Crippen molar-refractivity contribution < 1.29 is 14.7 Å². The van der Waals surface area contributed by atoms with Crippen LogP contribution < -0.4 is 0 Å². The Bertz CT molecular complexity index is 682. The topological polar surface area (TPSA) is 57.6 Å². The summed E-state index contributed by atoms with van der Waals surface area (Å²) in [5.74, 6) is -0.913. The number of ketones is 1. The average molecular weight is 281 g/mol. The third-order valence-electron chi connectivity index (χ3n) is 3.95. The summed E-state index contributed by atoms with van der Waals surface area (Å²) in [5.41, 5.74) is 2.65. The number of aliphatic carboxylic acids is 1. The number of fused-ring (bicyclic) bond motifs is 1. The standard InChI is InChI=1S/C17H15NO3/c1-2-11-3-5-12(6-4-11)16(19)15-8-7-14-13(17(20)21)9-10-18(14)15/h2-8,15H,1,9-10H2,(H,20,21). The molecule has 2 heterocycles. The number of benzene rings is 1. The Morgan fingerprint density at radius 1 is 1.29 bits per heavy atom. The summed E-state index contributed by atoms with van der Waals surface area (Å²) in [6.07, 6.45) is 5.73. The lowest BCUT2D eigenvalue weighted by molar-refractivity contribution is -0.132. The molecule has 1 unspecified atom stereocenters. The molecule has 0 saturated heterocycles. The third-order valence-corrected chi connectivity index (χ3v) is 3.95. The summed E-state index contributed by atoms with van der Waals surface area (Å²) in [7, 11) is 0.